The van der Waals surface area contributed by atoms with E-state index in [1.807, 2.05) is 0 Å². The Balaban J connectivity index is 2.63. The maximum absolute atomic E-state index is 3.71. The van der Waals surface area contributed by atoms with Crippen LogP contribution in [0.5, 0.6) is 0 Å². The molecule has 1 fully saturated rings. The fourth-order valence-electron chi connectivity index (χ4n) is 3.17. The summed E-state index contributed by atoms with van der Waals surface area (Å²) in [5.74, 6) is 0.768. The smallest absolute Gasteiger partial charge is 0.0221 e. The van der Waals surface area contributed by atoms with Crippen molar-refractivity contribution in [3.05, 3.63) is 0 Å². The highest BCUT2D eigenvalue weighted by molar-refractivity contribution is 4.85. The van der Waals surface area contributed by atoms with Crippen molar-refractivity contribution in [1.82, 2.24) is 10.2 Å². The molecule has 0 aromatic carbocycles. The van der Waals surface area contributed by atoms with Crippen molar-refractivity contribution < 1.29 is 0 Å². The molecular weight excluding hydrogens is 232 g/mol. The van der Waals surface area contributed by atoms with Crippen molar-refractivity contribution in [3.8, 4) is 0 Å². The minimum Gasteiger partial charge on any atom is -0.311 e. The highest BCUT2D eigenvalue weighted by Gasteiger charge is 2.28. The predicted molar refractivity (Wildman–Crippen MR) is 85.6 cm³/mol. The van der Waals surface area contributed by atoms with Gasteiger partial charge in [-0.2, -0.15) is 0 Å². The quantitative estimate of drug-likeness (QED) is 0.749. The molecule has 1 atom stereocenters. The Labute approximate surface area is 121 Å². The summed E-state index contributed by atoms with van der Waals surface area (Å²) in [5.41, 5.74) is 0.229. The molecule has 0 aliphatic heterocycles. The maximum Gasteiger partial charge on any atom is 0.0221 e. The predicted octanol–water partition coefficient (Wildman–Crippen LogP) is 4.05. The van der Waals surface area contributed by atoms with Gasteiger partial charge in [-0.05, 0) is 46.0 Å². The summed E-state index contributed by atoms with van der Waals surface area (Å²) >= 11 is 0. The van der Waals surface area contributed by atoms with Crippen LogP contribution in [0, 0.1) is 5.92 Å². The lowest BCUT2D eigenvalue weighted by Crippen LogP contribution is -2.51. The molecule has 1 N–H and O–H groups in total. The third-order valence-electron chi connectivity index (χ3n) is 4.18. The van der Waals surface area contributed by atoms with Gasteiger partial charge in [-0.3, -0.25) is 4.90 Å². The number of hydrogen-bond donors (Lipinski definition) is 1. The van der Waals surface area contributed by atoms with Crippen LogP contribution in [0.1, 0.15) is 73.6 Å². The van der Waals surface area contributed by atoms with Gasteiger partial charge in [0.2, 0.25) is 0 Å². The van der Waals surface area contributed by atoms with Crippen molar-refractivity contribution in [2.24, 2.45) is 5.92 Å². The third-order valence-corrected chi connectivity index (χ3v) is 4.18. The van der Waals surface area contributed by atoms with Gasteiger partial charge in [-0.1, -0.05) is 33.6 Å². The van der Waals surface area contributed by atoms with E-state index < -0.39 is 0 Å². The summed E-state index contributed by atoms with van der Waals surface area (Å²) in [5, 5.41) is 3.71. The molecule has 0 amide bonds. The monoisotopic (exact) mass is 268 g/mol. The van der Waals surface area contributed by atoms with E-state index in [-0.39, 0.29) is 5.54 Å². The zero-order valence-corrected chi connectivity index (χ0v) is 14.1. The van der Waals surface area contributed by atoms with Crippen molar-refractivity contribution in [2.75, 3.05) is 13.1 Å². The van der Waals surface area contributed by atoms with E-state index in [1.54, 1.807) is 0 Å². The standard InChI is InChI=1S/C17H36N2/c1-7-15(12-18-17(4,5)6)19(13-14(2)3)16-10-8-9-11-16/h14-16,18H,7-13H2,1-6H3. The molecule has 2 nitrogen and oxygen atoms in total. The SMILES string of the molecule is CCC(CNC(C)(C)C)N(CC(C)C)C1CCCC1. The molecule has 1 rings (SSSR count). The molecule has 114 valence electrons. The second-order valence-electron chi connectivity index (χ2n) is 7.72. The van der Waals surface area contributed by atoms with Gasteiger partial charge in [0.05, 0.1) is 0 Å². The Morgan fingerprint density at radius 2 is 1.74 bits per heavy atom. The molecule has 0 aromatic heterocycles. The molecule has 0 saturated heterocycles. The van der Waals surface area contributed by atoms with E-state index in [1.165, 1.54) is 38.6 Å². The molecule has 19 heavy (non-hydrogen) atoms. The molecule has 0 spiro atoms. The minimum absolute atomic E-state index is 0.229. The fourth-order valence-corrected chi connectivity index (χ4v) is 3.17. The van der Waals surface area contributed by atoms with Gasteiger partial charge >= 0.3 is 0 Å². The van der Waals surface area contributed by atoms with Gasteiger partial charge in [-0.15, -0.1) is 0 Å². The van der Waals surface area contributed by atoms with Crippen LogP contribution in [0.4, 0.5) is 0 Å². The number of nitrogens with zero attached hydrogens (tertiary/aromatic N) is 1. The van der Waals surface area contributed by atoms with E-state index in [0.29, 0.717) is 6.04 Å². The molecule has 1 aliphatic carbocycles. The Bertz CT molecular complexity index is 236. The van der Waals surface area contributed by atoms with Crippen molar-refractivity contribution in [3.63, 3.8) is 0 Å². The molecule has 0 radical (unpaired) electrons. The summed E-state index contributed by atoms with van der Waals surface area (Å²) in [4.78, 5) is 2.82. The van der Waals surface area contributed by atoms with Crippen LogP contribution in [0.25, 0.3) is 0 Å². The Kier molecular flexibility index (Phi) is 6.82. The summed E-state index contributed by atoms with van der Waals surface area (Å²) in [6, 6.07) is 1.54. The molecule has 1 aliphatic rings. The lowest BCUT2D eigenvalue weighted by Gasteiger charge is -2.39. The van der Waals surface area contributed by atoms with Crippen LogP contribution in [0.15, 0.2) is 0 Å². The highest BCUT2D eigenvalue weighted by Crippen LogP contribution is 2.26. The Hall–Kier alpha value is -0.0800. The van der Waals surface area contributed by atoms with Crippen LogP contribution < -0.4 is 5.32 Å². The zero-order valence-electron chi connectivity index (χ0n) is 14.1. The first-order valence-electron chi connectivity index (χ1n) is 8.34. The van der Waals surface area contributed by atoms with E-state index in [9.17, 15) is 0 Å². The van der Waals surface area contributed by atoms with Gasteiger partial charge in [0, 0.05) is 30.7 Å². The molecule has 0 heterocycles. The Morgan fingerprint density at radius 1 is 1.16 bits per heavy atom. The van der Waals surface area contributed by atoms with E-state index in [2.05, 4.69) is 51.8 Å². The zero-order chi connectivity index (χ0) is 14.5. The Morgan fingerprint density at radius 3 is 2.16 bits per heavy atom. The number of rotatable bonds is 7. The lowest BCUT2D eigenvalue weighted by molar-refractivity contribution is 0.108. The fraction of sp³-hybridized carbons (Fsp3) is 1.00. The summed E-state index contributed by atoms with van der Waals surface area (Å²) < 4.78 is 0. The van der Waals surface area contributed by atoms with Gasteiger partial charge in [0.1, 0.15) is 0 Å². The topological polar surface area (TPSA) is 15.3 Å². The minimum atomic E-state index is 0.229. The maximum atomic E-state index is 3.71. The first-order valence-corrected chi connectivity index (χ1v) is 8.34. The van der Waals surface area contributed by atoms with Crippen LogP contribution in [-0.2, 0) is 0 Å². The van der Waals surface area contributed by atoms with E-state index in [0.717, 1.165) is 18.5 Å². The summed E-state index contributed by atoms with van der Waals surface area (Å²) in [6.07, 6.45) is 6.95. The van der Waals surface area contributed by atoms with Crippen LogP contribution in [-0.4, -0.2) is 35.6 Å². The second-order valence-corrected chi connectivity index (χ2v) is 7.72. The van der Waals surface area contributed by atoms with Gasteiger partial charge in [0.25, 0.3) is 0 Å². The first kappa shape index (κ1) is 17.0. The third kappa shape index (κ3) is 6.27. The average molecular weight is 268 g/mol. The van der Waals surface area contributed by atoms with Gasteiger partial charge < -0.3 is 5.32 Å². The normalized spacial score (nSPS) is 19.6. The molecule has 0 bridgehead atoms. The summed E-state index contributed by atoms with van der Waals surface area (Å²) in [7, 11) is 0. The largest absolute Gasteiger partial charge is 0.311 e. The molecule has 0 aromatic rings. The molecule has 1 unspecified atom stereocenters. The number of nitrogens with one attached hydrogen (secondary N) is 1. The van der Waals surface area contributed by atoms with Crippen LogP contribution in [0.3, 0.4) is 0 Å². The van der Waals surface area contributed by atoms with Crippen LogP contribution >= 0.6 is 0 Å². The van der Waals surface area contributed by atoms with Crippen molar-refractivity contribution in [1.29, 1.82) is 0 Å². The average Bonchev–Trinajstić information content (AvgIpc) is 2.79. The summed E-state index contributed by atoms with van der Waals surface area (Å²) in [6.45, 7) is 16.2. The van der Waals surface area contributed by atoms with E-state index in [4.69, 9.17) is 0 Å². The molecular formula is C17H36N2. The van der Waals surface area contributed by atoms with Crippen molar-refractivity contribution >= 4 is 0 Å². The first-order chi connectivity index (χ1) is 8.83. The molecule has 1 saturated carbocycles. The lowest BCUT2D eigenvalue weighted by atomic mass is 10.0. The van der Waals surface area contributed by atoms with E-state index >= 15 is 0 Å². The van der Waals surface area contributed by atoms with Crippen molar-refractivity contribution in [2.45, 2.75) is 91.3 Å². The second kappa shape index (κ2) is 7.64. The van der Waals surface area contributed by atoms with Gasteiger partial charge in [0.15, 0.2) is 0 Å². The van der Waals surface area contributed by atoms with Crippen LogP contribution in [0.2, 0.25) is 0 Å². The van der Waals surface area contributed by atoms with Gasteiger partial charge in [-0.25, -0.2) is 0 Å². The number of hydrogen-bond acceptors (Lipinski definition) is 2. The molecule has 2 heteroatoms. The highest BCUT2D eigenvalue weighted by atomic mass is 15.2.